The number of fused-ring (bicyclic) bond motifs is 1. The minimum atomic E-state index is -0.743. The first kappa shape index (κ1) is 27.3. The summed E-state index contributed by atoms with van der Waals surface area (Å²) in [6.07, 6.45) is 5.13. The van der Waals surface area contributed by atoms with Gasteiger partial charge in [-0.05, 0) is 50.5 Å². The van der Waals surface area contributed by atoms with Gasteiger partial charge < -0.3 is 24.5 Å². The highest BCUT2D eigenvalue weighted by atomic mass is 32.2. The van der Waals surface area contributed by atoms with Crippen LogP contribution in [0, 0.1) is 11.8 Å². The van der Waals surface area contributed by atoms with Crippen LogP contribution in [0.2, 0.25) is 0 Å². The van der Waals surface area contributed by atoms with E-state index >= 15 is 0 Å². The zero-order valence-electron chi connectivity index (χ0n) is 21.9. The van der Waals surface area contributed by atoms with Crippen molar-refractivity contribution in [2.24, 2.45) is 11.8 Å². The Morgan fingerprint density at radius 1 is 1.19 bits per heavy atom. The van der Waals surface area contributed by atoms with Crippen LogP contribution in [0.5, 0.6) is 5.75 Å². The number of aliphatic hydroxyl groups excluding tert-OH is 1. The summed E-state index contributed by atoms with van der Waals surface area (Å²) in [5.74, 6) is -0.873. The largest absolute Gasteiger partial charge is 0.497 e. The van der Waals surface area contributed by atoms with Crippen molar-refractivity contribution < 1.29 is 24.2 Å². The van der Waals surface area contributed by atoms with Gasteiger partial charge in [0.05, 0.1) is 23.7 Å². The average molecular weight is 528 g/mol. The number of anilines is 1. The number of benzene rings is 1. The molecular weight excluding hydrogens is 490 g/mol. The number of nitrogens with zero attached hydrogens (tertiary/aromatic N) is 3. The number of hydrogen-bond donors (Lipinski definition) is 1. The second-order valence-corrected chi connectivity index (χ2v) is 12.2. The van der Waals surface area contributed by atoms with E-state index in [2.05, 4.69) is 20.1 Å². The fourth-order valence-electron chi connectivity index (χ4n) is 6.45. The number of methoxy groups -OCH3 is 1. The van der Waals surface area contributed by atoms with Gasteiger partial charge in [0, 0.05) is 43.7 Å². The molecule has 0 aromatic heterocycles. The predicted molar refractivity (Wildman–Crippen MR) is 146 cm³/mol. The lowest BCUT2D eigenvalue weighted by atomic mass is 9.66. The van der Waals surface area contributed by atoms with Gasteiger partial charge in [-0.1, -0.05) is 12.2 Å². The minimum Gasteiger partial charge on any atom is -0.497 e. The van der Waals surface area contributed by atoms with Crippen molar-refractivity contribution in [3.05, 3.63) is 49.6 Å². The van der Waals surface area contributed by atoms with Crippen LogP contribution >= 0.6 is 11.8 Å². The van der Waals surface area contributed by atoms with E-state index in [0.29, 0.717) is 30.8 Å². The second-order valence-electron chi connectivity index (χ2n) is 10.3. The number of carbonyl (C=O) groups excluding carboxylic acids is 3. The molecule has 0 aliphatic carbocycles. The molecular formula is C28H37N3O5S. The first-order valence-corrected chi connectivity index (χ1v) is 13.5. The van der Waals surface area contributed by atoms with Crippen molar-refractivity contribution in [2.45, 2.75) is 41.7 Å². The van der Waals surface area contributed by atoms with E-state index in [0.717, 1.165) is 6.42 Å². The highest BCUT2D eigenvalue weighted by molar-refractivity contribution is 8.02. The van der Waals surface area contributed by atoms with Crippen LogP contribution in [0.1, 0.15) is 26.2 Å². The summed E-state index contributed by atoms with van der Waals surface area (Å²) in [6, 6.07) is 6.49. The monoisotopic (exact) mass is 527 g/mol. The summed E-state index contributed by atoms with van der Waals surface area (Å²) < 4.78 is 4.14. The van der Waals surface area contributed by atoms with Gasteiger partial charge in [-0.15, -0.1) is 24.9 Å². The van der Waals surface area contributed by atoms with Crippen LogP contribution < -0.4 is 9.64 Å². The maximum Gasteiger partial charge on any atom is 0.251 e. The molecule has 1 aromatic carbocycles. The highest BCUT2D eigenvalue weighted by Crippen LogP contribution is 2.71. The maximum absolute atomic E-state index is 14.4. The standard InChI is InChI=1S/C28H37N3O5S/c1-6-15-29(4)24(33)21-22-25(34)31(17-8-18-32)23(28(22)14-13-27(21,3)37-28)26(35)30(16-7-2)19-9-11-20(36-5)12-10-19/h6-7,9-12,21-23,32H,1-2,8,13-18H2,3-5H3/t21-,22+,23?,27+,28?/m1/s1. The molecule has 3 aliphatic heterocycles. The molecule has 1 N–H and O–H groups in total. The third kappa shape index (κ3) is 4.36. The molecule has 3 saturated heterocycles. The van der Waals surface area contributed by atoms with Crippen LogP contribution in [0.25, 0.3) is 0 Å². The average Bonchev–Trinajstić information content (AvgIpc) is 3.46. The van der Waals surface area contributed by atoms with E-state index in [-0.39, 0.29) is 37.4 Å². The normalized spacial score (nSPS) is 29.7. The number of thioether (sulfide) groups is 1. The van der Waals surface area contributed by atoms with Crippen LogP contribution in [0.4, 0.5) is 5.69 Å². The molecule has 5 atom stereocenters. The number of aliphatic hydroxyl groups is 1. The van der Waals surface area contributed by atoms with Crippen molar-refractivity contribution in [3.63, 3.8) is 0 Å². The lowest BCUT2D eigenvalue weighted by molar-refractivity contribution is -0.144. The van der Waals surface area contributed by atoms with Gasteiger partial charge in [-0.3, -0.25) is 14.4 Å². The van der Waals surface area contributed by atoms with Crippen molar-refractivity contribution >= 4 is 35.2 Å². The Morgan fingerprint density at radius 3 is 2.46 bits per heavy atom. The molecule has 2 bridgehead atoms. The van der Waals surface area contributed by atoms with E-state index in [4.69, 9.17) is 4.74 Å². The number of carbonyl (C=O) groups is 3. The molecule has 8 nitrogen and oxygen atoms in total. The summed E-state index contributed by atoms with van der Waals surface area (Å²) in [5.41, 5.74) is 0.683. The maximum atomic E-state index is 14.4. The van der Waals surface area contributed by atoms with Crippen LogP contribution in [-0.4, -0.2) is 88.6 Å². The Bertz CT molecular complexity index is 1080. The molecule has 0 saturated carbocycles. The molecule has 3 fully saturated rings. The van der Waals surface area contributed by atoms with Crippen molar-refractivity contribution in [3.8, 4) is 5.75 Å². The number of ether oxygens (including phenoxy) is 1. The zero-order valence-corrected chi connectivity index (χ0v) is 22.7. The minimum absolute atomic E-state index is 0.0804. The Kier molecular flexibility index (Phi) is 7.76. The van der Waals surface area contributed by atoms with Gasteiger partial charge in [0.15, 0.2) is 0 Å². The Labute approximate surface area is 223 Å². The fraction of sp³-hybridized carbons (Fsp3) is 0.536. The number of hydrogen-bond acceptors (Lipinski definition) is 6. The fourth-order valence-corrected chi connectivity index (χ4v) is 8.79. The number of likely N-dealkylation sites (tertiary alicyclic amines) is 1. The Balaban J connectivity index is 1.78. The molecule has 1 spiro atoms. The molecule has 37 heavy (non-hydrogen) atoms. The molecule has 1 aromatic rings. The van der Waals surface area contributed by atoms with E-state index < -0.39 is 27.4 Å². The van der Waals surface area contributed by atoms with E-state index in [1.54, 1.807) is 64.9 Å². The zero-order chi connectivity index (χ0) is 27.0. The first-order chi connectivity index (χ1) is 17.7. The smallest absolute Gasteiger partial charge is 0.251 e. The summed E-state index contributed by atoms with van der Waals surface area (Å²) in [7, 11) is 3.32. The van der Waals surface area contributed by atoms with Gasteiger partial charge in [0.25, 0.3) is 5.91 Å². The van der Waals surface area contributed by atoms with Crippen LogP contribution in [0.3, 0.4) is 0 Å². The molecule has 3 amide bonds. The molecule has 9 heteroatoms. The van der Waals surface area contributed by atoms with Crippen molar-refractivity contribution in [2.75, 3.05) is 45.3 Å². The molecule has 3 heterocycles. The van der Waals surface area contributed by atoms with Gasteiger partial charge in [-0.2, -0.15) is 0 Å². The number of likely N-dealkylation sites (N-methyl/N-ethyl adjacent to an activating group) is 1. The number of rotatable bonds is 11. The van der Waals surface area contributed by atoms with Gasteiger partial charge >= 0.3 is 0 Å². The summed E-state index contributed by atoms with van der Waals surface area (Å²) in [4.78, 5) is 47.1. The number of amides is 3. The molecule has 2 unspecified atom stereocenters. The highest BCUT2D eigenvalue weighted by Gasteiger charge is 2.77. The molecule has 0 radical (unpaired) electrons. The van der Waals surface area contributed by atoms with Gasteiger partial charge in [0.2, 0.25) is 11.8 Å². The van der Waals surface area contributed by atoms with Crippen LogP contribution in [0.15, 0.2) is 49.6 Å². The molecule has 200 valence electrons. The van der Waals surface area contributed by atoms with E-state index in [1.165, 1.54) is 0 Å². The molecule has 3 aliphatic rings. The lowest BCUT2D eigenvalue weighted by Gasteiger charge is -2.37. The van der Waals surface area contributed by atoms with E-state index in [9.17, 15) is 19.5 Å². The third-order valence-electron chi connectivity index (χ3n) is 8.07. The Morgan fingerprint density at radius 2 is 1.86 bits per heavy atom. The van der Waals surface area contributed by atoms with Crippen molar-refractivity contribution in [1.82, 2.24) is 9.80 Å². The van der Waals surface area contributed by atoms with Crippen LogP contribution in [-0.2, 0) is 14.4 Å². The van der Waals surface area contributed by atoms with E-state index in [1.807, 2.05) is 12.1 Å². The third-order valence-corrected chi connectivity index (χ3v) is 10.1. The predicted octanol–water partition coefficient (Wildman–Crippen LogP) is 2.72. The van der Waals surface area contributed by atoms with Gasteiger partial charge in [-0.25, -0.2) is 0 Å². The van der Waals surface area contributed by atoms with Gasteiger partial charge in [0.1, 0.15) is 11.8 Å². The SMILES string of the molecule is C=CCN(C)C(=O)[C@H]1[C@H]2C(=O)N(CCCO)C(C(=O)N(CC=C)c3ccc(OC)cc3)C23CC[C@]1(C)S3. The second kappa shape index (κ2) is 10.5. The topological polar surface area (TPSA) is 90.4 Å². The summed E-state index contributed by atoms with van der Waals surface area (Å²) >= 11 is 1.65. The Hall–Kier alpha value is -2.78. The summed E-state index contributed by atoms with van der Waals surface area (Å²) in [6.45, 7) is 10.5. The lowest BCUT2D eigenvalue weighted by Crippen LogP contribution is -2.55. The molecule has 4 rings (SSSR count). The first-order valence-electron chi connectivity index (χ1n) is 12.7. The summed E-state index contributed by atoms with van der Waals surface area (Å²) in [5, 5.41) is 9.57. The quantitative estimate of drug-likeness (QED) is 0.445. The van der Waals surface area contributed by atoms with Crippen molar-refractivity contribution in [1.29, 1.82) is 0 Å².